The number of hydrogen-bond donors (Lipinski definition) is 1. The molecule has 24 heavy (non-hydrogen) atoms. The number of nitrogens with one attached hydrogen (secondary N) is 1. The minimum Gasteiger partial charge on any atom is -0.483 e. The van der Waals surface area contributed by atoms with Crippen molar-refractivity contribution in [3.63, 3.8) is 0 Å². The molecule has 0 saturated carbocycles. The van der Waals surface area contributed by atoms with Crippen LogP contribution in [0.4, 0.5) is 4.79 Å². The smallest absolute Gasteiger partial charge is 0.409 e. The van der Waals surface area contributed by atoms with Gasteiger partial charge in [-0.2, -0.15) is 0 Å². The molecule has 1 aliphatic heterocycles. The Labute approximate surface area is 143 Å². The lowest BCUT2D eigenvalue weighted by Crippen LogP contribution is -2.47. The highest BCUT2D eigenvalue weighted by atomic mass is 16.6. The lowest BCUT2D eigenvalue weighted by molar-refractivity contribution is -0.124. The number of piperidine rings is 1. The van der Waals surface area contributed by atoms with E-state index in [4.69, 9.17) is 9.47 Å². The molecule has 0 aliphatic carbocycles. The number of amides is 2. The zero-order valence-electron chi connectivity index (χ0n) is 14.6. The summed E-state index contributed by atoms with van der Waals surface area (Å²) >= 11 is 0. The fraction of sp³-hybridized carbons (Fsp3) is 0.556. The topological polar surface area (TPSA) is 67.9 Å². The van der Waals surface area contributed by atoms with E-state index in [1.807, 2.05) is 32.0 Å². The standard InChI is InChI=1S/C18H26N2O4/c1-4-23-18(22)20-9-7-15(8-10-20)19-17(21)12-24-16-11-13(2)5-6-14(16)3/h5-6,11,15H,4,7-10,12H2,1-3H3,(H,19,21). The zero-order valence-corrected chi connectivity index (χ0v) is 14.6. The Morgan fingerprint density at radius 1 is 1.25 bits per heavy atom. The van der Waals surface area contributed by atoms with Gasteiger partial charge in [-0.15, -0.1) is 0 Å². The van der Waals surface area contributed by atoms with Crippen LogP contribution in [0.15, 0.2) is 18.2 Å². The fourth-order valence-corrected chi connectivity index (χ4v) is 2.70. The molecule has 6 heteroatoms. The molecule has 2 amide bonds. The largest absolute Gasteiger partial charge is 0.483 e. The maximum absolute atomic E-state index is 12.1. The minimum absolute atomic E-state index is 0.00237. The molecule has 1 aromatic carbocycles. The van der Waals surface area contributed by atoms with E-state index in [1.165, 1.54) is 0 Å². The second kappa shape index (κ2) is 8.57. The monoisotopic (exact) mass is 334 g/mol. The minimum atomic E-state index is -0.277. The van der Waals surface area contributed by atoms with E-state index in [2.05, 4.69) is 5.32 Å². The molecule has 2 rings (SSSR count). The summed E-state index contributed by atoms with van der Waals surface area (Å²) in [6.45, 7) is 7.32. The van der Waals surface area contributed by atoms with Gasteiger partial charge in [0.15, 0.2) is 6.61 Å². The third-order valence-corrected chi connectivity index (χ3v) is 4.09. The molecule has 0 spiro atoms. The van der Waals surface area contributed by atoms with E-state index in [9.17, 15) is 9.59 Å². The highest BCUT2D eigenvalue weighted by molar-refractivity contribution is 5.78. The number of nitrogens with zero attached hydrogens (tertiary/aromatic N) is 1. The molecule has 1 fully saturated rings. The second-order valence-corrected chi connectivity index (χ2v) is 6.09. The van der Waals surface area contributed by atoms with Crippen LogP contribution in [0, 0.1) is 13.8 Å². The number of hydrogen-bond acceptors (Lipinski definition) is 4. The van der Waals surface area contributed by atoms with E-state index in [1.54, 1.807) is 11.8 Å². The summed E-state index contributed by atoms with van der Waals surface area (Å²) in [5.74, 6) is 0.604. The molecule has 0 radical (unpaired) electrons. The quantitative estimate of drug-likeness (QED) is 0.898. The summed E-state index contributed by atoms with van der Waals surface area (Å²) in [6.07, 6.45) is 1.18. The van der Waals surface area contributed by atoms with Crippen molar-refractivity contribution >= 4 is 12.0 Å². The molecule has 132 valence electrons. The van der Waals surface area contributed by atoms with Gasteiger partial charge in [-0.1, -0.05) is 12.1 Å². The van der Waals surface area contributed by atoms with Crippen LogP contribution < -0.4 is 10.1 Å². The van der Waals surface area contributed by atoms with Crippen LogP contribution in [0.1, 0.15) is 30.9 Å². The van der Waals surface area contributed by atoms with Crippen LogP contribution in [-0.2, 0) is 9.53 Å². The summed E-state index contributed by atoms with van der Waals surface area (Å²) in [5.41, 5.74) is 2.11. The van der Waals surface area contributed by atoms with Crippen molar-refractivity contribution in [2.75, 3.05) is 26.3 Å². The summed E-state index contributed by atoms with van der Waals surface area (Å²) in [4.78, 5) is 25.4. The van der Waals surface area contributed by atoms with Crippen molar-refractivity contribution in [1.29, 1.82) is 0 Å². The molecule has 1 saturated heterocycles. The molecule has 1 N–H and O–H groups in total. The number of aryl methyl sites for hydroxylation is 2. The van der Waals surface area contributed by atoms with Crippen LogP contribution in [0.2, 0.25) is 0 Å². The van der Waals surface area contributed by atoms with Gasteiger partial charge in [0.2, 0.25) is 0 Å². The van der Waals surface area contributed by atoms with Crippen molar-refractivity contribution in [1.82, 2.24) is 10.2 Å². The lowest BCUT2D eigenvalue weighted by Gasteiger charge is -2.31. The summed E-state index contributed by atoms with van der Waals surface area (Å²) < 4.78 is 10.6. The second-order valence-electron chi connectivity index (χ2n) is 6.09. The Hall–Kier alpha value is -2.24. The average Bonchev–Trinajstić information content (AvgIpc) is 2.56. The predicted octanol–water partition coefficient (Wildman–Crippen LogP) is 2.42. The van der Waals surface area contributed by atoms with E-state index < -0.39 is 0 Å². The van der Waals surface area contributed by atoms with Gasteiger partial charge in [0.25, 0.3) is 5.91 Å². The van der Waals surface area contributed by atoms with Crippen LogP contribution in [0.5, 0.6) is 5.75 Å². The first-order chi connectivity index (χ1) is 11.5. The average molecular weight is 334 g/mol. The normalized spacial score (nSPS) is 15.0. The van der Waals surface area contributed by atoms with E-state index >= 15 is 0 Å². The first-order valence-electron chi connectivity index (χ1n) is 8.40. The molecule has 0 aromatic heterocycles. The van der Waals surface area contributed by atoms with Gasteiger partial charge in [-0.3, -0.25) is 4.79 Å². The Morgan fingerprint density at radius 3 is 2.62 bits per heavy atom. The predicted molar refractivity (Wildman–Crippen MR) is 91.2 cm³/mol. The number of benzene rings is 1. The maximum atomic E-state index is 12.1. The van der Waals surface area contributed by atoms with Gasteiger partial charge >= 0.3 is 6.09 Å². The molecule has 1 heterocycles. The van der Waals surface area contributed by atoms with Crippen molar-refractivity contribution in [3.8, 4) is 5.75 Å². The van der Waals surface area contributed by atoms with Crippen LogP contribution in [-0.4, -0.2) is 49.2 Å². The third-order valence-electron chi connectivity index (χ3n) is 4.09. The van der Waals surface area contributed by atoms with Gasteiger partial charge in [0.1, 0.15) is 5.75 Å². The SMILES string of the molecule is CCOC(=O)N1CCC(NC(=O)COc2cc(C)ccc2C)CC1. The molecule has 1 aliphatic rings. The van der Waals surface area contributed by atoms with E-state index in [-0.39, 0.29) is 24.6 Å². The highest BCUT2D eigenvalue weighted by Crippen LogP contribution is 2.19. The van der Waals surface area contributed by atoms with Gasteiger partial charge in [0.05, 0.1) is 6.61 Å². The van der Waals surface area contributed by atoms with Crippen molar-refractivity contribution in [2.24, 2.45) is 0 Å². The zero-order chi connectivity index (χ0) is 17.5. The Morgan fingerprint density at radius 2 is 1.96 bits per heavy atom. The van der Waals surface area contributed by atoms with Crippen LogP contribution in [0.25, 0.3) is 0 Å². The number of likely N-dealkylation sites (tertiary alicyclic amines) is 1. The third kappa shape index (κ3) is 5.15. The first kappa shape index (κ1) is 18.1. The number of rotatable bonds is 5. The Kier molecular flexibility index (Phi) is 6.46. The lowest BCUT2D eigenvalue weighted by atomic mass is 10.1. The Balaban J connectivity index is 1.74. The van der Waals surface area contributed by atoms with Crippen molar-refractivity contribution in [2.45, 2.75) is 39.7 Å². The van der Waals surface area contributed by atoms with E-state index in [0.717, 1.165) is 29.7 Å². The van der Waals surface area contributed by atoms with Gasteiger partial charge in [0, 0.05) is 19.1 Å². The summed E-state index contributed by atoms with van der Waals surface area (Å²) in [5, 5.41) is 2.97. The van der Waals surface area contributed by atoms with Crippen LogP contribution in [0.3, 0.4) is 0 Å². The first-order valence-corrected chi connectivity index (χ1v) is 8.40. The number of carbonyl (C=O) groups excluding carboxylic acids is 2. The molecule has 1 aromatic rings. The highest BCUT2D eigenvalue weighted by Gasteiger charge is 2.24. The van der Waals surface area contributed by atoms with Crippen LogP contribution >= 0.6 is 0 Å². The summed E-state index contributed by atoms with van der Waals surface area (Å²) in [7, 11) is 0. The molecule has 0 atom stereocenters. The van der Waals surface area contributed by atoms with Crippen molar-refractivity contribution in [3.05, 3.63) is 29.3 Å². The molecule has 6 nitrogen and oxygen atoms in total. The number of ether oxygens (including phenoxy) is 2. The molecule has 0 unspecified atom stereocenters. The molecular formula is C18H26N2O4. The Bertz CT molecular complexity index is 580. The maximum Gasteiger partial charge on any atom is 0.409 e. The molecular weight excluding hydrogens is 308 g/mol. The summed E-state index contributed by atoms with van der Waals surface area (Å²) in [6, 6.07) is 6.00. The van der Waals surface area contributed by atoms with Gasteiger partial charge < -0.3 is 19.7 Å². The number of carbonyl (C=O) groups is 2. The van der Waals surface area contributed by atoms with Crippen molar-refractivity contribution < 1.29 is 19.1 Å². The fourth-order valence-electron chi connectivity index (χ4n) is 2.70. The van der Waals surface area contributed by atoms with Gasteiger partial charge in [-0.05, 0) is 50.8 Å². The van der Waals surface area contributed by atoms with E-state index in [0.29, 0.717) is 19.7 Å². The molecule has 0 bridgehead atoms. The van der Waals surface area contributed by atoms with Gasteiger partial charge in [-0.25, -0.2) is 4.79 Å².